The number of para-hydroxylation sites is 1. The Labute approximate surface area is 153 Å². The summed E-state index contributed by atoms with van der Waals surface area (Å²) in [6.07, 6.45) is 4.95. The van der Waals surface area contributed by atoms with Crippen molar-refractivity contribution in [3.8, 4) is 0 Å². The van der Waals surface area contributed by atoms with E-state index in [-0.39, 0.29) is 10.8 Å². The van der Waals surface area contributed by atoms with Crippen molar-refractivity contribution >= 4 is 11.7 Å². The second kappa shape index (κ2) is 4.12. The molecule has 5 heterocycles. The van der Waals surface area contributed by atoms with E-state index in [0.717, 1.165) is 44.5 Å². The number of quaternary nitrogens is 1. The van der Waals surface area contributed by atoms with E-state index in [1.807, 2.05) is 6.07 Å². The topological polar surface area (TPSA) is 61.4 Å². The number of methoxy groups -OCH3 is 1. The Morgan fingerprint density at radius 1 is 1.35 bits per heavy atom. The van der Waals surface area contributed by atoms with Crippen LogP contribution in [0.25, 0.3) is 0 Å². The number of carbonyl (C=O) groups excluding carboxylic acids is 1. The summed E-state index contributed by atoms with van der Waals surface area (Å²) < 4.78 is 6.95. The summed E-state index contributed by atoms with van der Waals surface area (Å²) in [5.41, 5.74) is 0.236. The van der Waals surface area contributed by atoms with Crippen LogP contribution in [-0.4, -0.2) is 48.0 Å². The van der Waals surface area contributed by atoms with Crippen molar-refractivity contribution in [2.24, 2.45) is 5.41 Å². The fourth-order valence-electron chi connectivity index (χ4n) is 8.98. The molecular weight excluding hydrogens is 328 g/mol. The summed E-state index contributed by atoms with van der Waals surface area (Å²) in [7, 11) is 1.70. The summed E-state index contributed by atoms with van der Waals surface area (Å²) >= 11 is 0. The Kier molecular flexibility index (Phi) is 2.45. The van der Waals surface area contributed by atoms with E-state index in [2.05, 4.69) is 30.4 Å². The van der Waals surface area contributed by atoms with Crippen LogP contribution in [0.2, 0.25) is 0 Å². The van der Waals surface area contributed by atoms with Crippen molar-refractivity contribution in [2.75, 3.05) is 25.5 Å². The fraction of sp³-hybridized carbons (Fsp3) is 0.667. The number of carboxylic acid groups (broad SMARTS) is 1. The zero-order valence-corrected chi connectivity index (χ0v) is 15.5. The van der Waals surface area contributed by atoms with Crippen molar-refractivity contribution < 1.29 is 19.1 Å². The van der Waals surface area contributed by atoms with E-state index in [1.54, 1.807) is 7.11 Å². The molecule has 1 aromatic rings. The number of anilines is 1. The first kappa shape index (κ1) is 15.5. The van der Waals surface area contributed by atoms with Gasteiger partial charge in [-0.2, -0.15) is 0 Å². The Bertz CT molecular complexity index is 857. The molecule has 0 amide bonds. The van der Waals surface area contributed by atoms with Crippen molar-refractivity contribution in [2.45, 2.75) is 61.7 Å². The quantitative estimate of drug-likeness (QED) is 0.833. The standard InChI is InChI=1S/C21H26N2O3/c1-3-18-9-6-11-23-12-10-19(16(18)23)14-7-4-5-8-15(14)22-21(19,26-2)20(23,13-18)17(24)25/h4-5,7-8,16,22H,3,6,9-13H2,1-2H3/t16-,18-,19+,20+,21-,23?/m0/s1. The number of piperidine rings is 2. The van der Waals surface area contributed by atoms with Crippen LogP contribution in [0.3, 0.4) is 0 Å². The Morgan fingerprint density at radius 3 is 2.88 bits per heavy atom. The van der Waals surface area contributed by atoms with Crippen LogP contribution < -0.4 is 10.4 Å². The molecular formula is C21H26N2O3. The Balaban J connectivity index is 1.76. The highest BCUT2D eigenvalue weighted by Crippen LogP contribution is 2.81. The molecule has 0 saturated carbocycles. The zero-order chi connectivity index (χ0) is 18.0. The number of hydrogen-bond acceptors (Lipinski definition) is 4. The van der Waals surface area contributed by atoms with Gasteiger partial charge >= 0.3 is 0 Å². The molecule has 1 N–H and O–H groups in total. The maximum atomic E-state index is 13.0. The highest BCUT2D eigenvalue weighted by molar-refractivity contribution is 5.85. The minimum atomic E-state index is -1.00. The second-order valence-corrected chi connectivity index (χ2v) is 9.31. The van der Waals surface area contributed by atoms with Gasteiger partial charge in [-0.25, -0.2) is 0 Å². The van der Waals surface area contributed by atoms with Crippen molar-refractivity contribution in [1.29, 1.82) is 0 Å². The van der Waals surface area contributed by atoms with Gasteiger partial charge in [0.05, 0.1) is 13.1 Å². The molecule has 138 valence electrons. The van der Waals surface area contributed by atoms with Gasteiger partial charge in [0, 0.05) is 31.1 Å². The number of ether oxygens (including phenoxy) is 1. The highest BCUT2D eigenvalue weighted by atomic mass is 16.5. The zero-order valence-electron chi connectivity index (χ0n) is 15.5. The van der Waals surface area contributed by atoms with Crippen LogP contribution in [0, 0.1) is 5.41 Å². The van der Waals surface area contributed by atoms with Crippen molar-refractivity contribution in [3.63, 3.8) is 0 Å². The number of fused-ring (bicyclic) bond motifs is 2. The van der Waals surface area contributed by atoms with E-state index in [1.165, 1.54) is 5.56 Å². The minimum absolute atomic E-state index is 0.0793. The number of aliphatic carboxylic acids is 1. The van der Waals surface area contributed by atoms with E-state index < -0.39 is 17.2 Å². The normalized spacial score (nSPS) is 51.8. The van der Waals surface area contributed by atoms with Crippen LogP contribution in [0.5, 0.6) is 0 Å². The lowest BCUT2D eigenvalue weighted by atomic mass is 9.50. The number of benzene rings is 1. The van der Waals surface area contributed by atoms with Gasteiger partial charge < -0.3 is 24.4 Å². The van der Waals surface area contributed by atoms with E-state index >= 15 is 0 Å². The first-order valence-corrected chi connectivity index (χ1v) is 10.0. The fourth-order valence-corrected chi connectivity index (χ4v) is 8.98. The van der Waals surface area contributed by atoms with Gasteiger partial charge in [0.1, 0.15) is 17.4 Å². The van der Waals surface area contributed by atoms with Crippen molar-refractivity contribution in [3.05, 3.63) is 29.8 Å². The molecule has 0 radical (unpaired) electrons. The molecule has 6 atom stereocenters. The second-order valence-electron chi connectivity index (χ2n) is 9.31. The Hall–Kier alpha value is -1.59. The summed E-state index contributed by atoms with van der Waals surface area (Å²) in [4.78, 5) is 13.0. The van der Waals surface area contributed by atoms with E-state index in [0.29, 0.717) is 16.9 Å². The van der Waals surface area contributed by atoms with Gasteiger partial charge in [-0.1, -0.05) is 25.1 Å². The predicted molar refractivity (Wildman–Crippen MR) is 94.2 cm³/mol. The van der Waals surface area contributed by atoms with Gasteiger partial charge in [-0.15, -0.1) is 0 Å². The first-order chi connectivity index (χ1) is 12.5. The van der Waals surface area contributed by atoms with Gasteiger partial charge in [-0.05, 0) is 30.9 Å². The van der Waals surface area contributed by atoms with Crippen LogP contribution in [0.15, 0.2) is 24.3 Å². The van der Waals surface area contributed by atoms with Crippen LogP contribution in [0.4, 0.5) is 5.69 Å². The molecule has 6 rings (SSSR count). The van der Waals surface area contributed by atoms with E-state index in [9.17, 15) is 9.90 Å². The SMILES string of the molecule is CC[C@]12CCC[N+]34CC[C@@]5(c6ccccc6N[C@@]5(OC)[C@]3(C(=O)[O-])C1)[C@H]24. The minimum Gasteiger partial charge on any atom is -0.544 e. The third-order valence-corrected chi connectivity index (χ3v) is 9.32. The smallest absolute Gasteiger partial charge is 0.216 e. The van der Waals surface area contributed by atoms with Crippen LogP contribution in [-0.2, 0) is 14.9 Å². The molecule has 0 aromatic heterocycles. The van der Waals surface area contributed by atoms with E-state index in [4.69, 9.17) is 4.74 Å². The third-order valence-electron chi connectivity index (χ3n) is 9.32. The molecule has 5 aliphatic heterocycles. The Morgan fingerprint density at radius 2 is 2.15 bits per heavy atom. The van der Waals surface area contributed by atoms with Gasteiger partial charge in [0.25, 0.3) is 0 Å². The largest absolute Gasteiger partial charge is 0.544 e. The average molecular weight is 354 g/mol. The lowest BCUT2D eigenvalue weighted by molar-refractivity contribution is -0.967. The number of carboxylic acids is 1. The summed E-state index contributed by atoms with van der Waals surface area (Å²) in [5.74, 6) is -0.913. The summed E-state index contributed by atoms with van der Waals surface area (Å²) in [6, 6.07) is 8.71. The number of nitrogens with zero attached hydrogens (tertiary/aromatic N) is 1. The molecule has 26 heavy (non-hydrogen) atoms. The maximum absolute atomic E-state index is 13.0. The van der Waals surface area contributed by atoms with Gasteiger partial charge in [0.15, 0.2) is 5.54 Å². The molecule has 5 heteroatoms. The number of carbonyl (C=O) groups is 1. The number of nitrogens with one attached hydrogen (secondary N) is 1. The summed E-state index contributed by atoms with van der Waals surface area (Å²) in [5, 5.41) is 16.6. The van der Waals surface area contributed by atoms with Crippen molar-refractivity contribution in [1.82, 2.24) is 0 Å². The number of hydrogen-bond donors (Lipinski definition) is 1. The molecule has 5 nitrogen and oxygen atoms in total. The summed E-state index contributed by atoms with van der Waals surface area (Å²) in [6.45, 7) is 4.13. The van der Waals surface area contributed by atoms with Gasteiger partial charge in [0.2, 0.25) is 5.72 Å². The maximum Gasteiger partial charge on any atom is 0.216 e. The molecule has 1 aromatic carbocycles. The third kappa shape index (κ3) is 1.06. The lowest BCUT2D eigenvalue weighted by Gasteiger charge is -2.55. The first-order valence-electron chi connectivity index (χ1n) is 10.0. The predicted octanol–water partition coefficient (Wildman–Crippen LogP) is 1.38. The molecule has 1 unspecified atom stereocenters. The molecule has 5 aliphatic rings. The molecule has 4 fully saturated rings. The monoisotopic (exact) mass is 354 g/mol. The van der Waals surface area contributed by atoms with Crippen LogP contribution >= 0.6 is 0 Å². The molecule has 4 saturated heterocycles. The average Bonchev–Trinajstić information content (AvgIpc) is 3.26. The highest BCUT2D eigenvalue weighted by Gasteiger charge is 2.97. The van der Waals surface area contributed by atoms with Gasteiger partial charge in [-0.3, -0.25) is 0 Å². The molecule has 0 aliphatic carbocycles. The molecule has 5 bridgehead atoms. The lowest BCUT2D eigenvalue weighted by Crippen LogP contribution is -2.79. The molecule has 1 spiro atoms. The number of rotatable bonds is 3. The van der Waals surface area contributed by atoms with Crippen LogP contribution in [0.1, 0.15) is 44.6 Å².